The summed E-state index contributed by atoms with van der Waals surface area (Å²) in [6.45, 7) is 2.92. The largest absolute Gasteiger partial charge is 0.382 e. The molecule has 8 heteroatoms. The van der Waals surface area contributed by atoms with Gasteiger partial charge in [0.1, 0.15) is 4.21 Å². The molecule has 0 atom stereocenters. The fraction of sp³-hybridized carbons (Fsp3) is 0.692. The molecule has 21 heavy (non-hydrogen) atoms. The topological polar surface area (TPSA) is 55.8 Å². The lowest BCUT2D eigenvalue weighted by atomic mass is 9.99. The van der Waals surface area contributed by atoms with E-state index >= 15 is 0 Å². The summed E-state index contributed by atoms with van der Waals surface area (Å²) in [6, 6.07) is 3.19. The Morgan fingerprint density at radius 2 is 2.05 bits per heavy atom. The van der Waals surface area contributed by atoms with Crippen LogP contribution in [0.1, 0.15) is 12.8 Å². The van der Waals surface area contributed by atoms with Crippen LogP contribution in [0.4, 0.5) is 0 Å². The van der Waals surface area contributed by atoms with Crippen LogP contribution in [0.25, 0.3) is 0 Å². The Balaban J connectivity index is 1.83. The van der Waals surface area contributed by atoms with Gasteiger partial charge in [0.25, 0.3) is 10.0 Å². The Hall–Kier alpha value is -0.180. The third-order valence-electron chi connectivity index (χ3n) is 3.50. The molecule has 0 spiro atoms. The van der Waals surface area contributed by atoms with E-state index in [1.807, 2.05) is 0 Å². The number of ether oxygens (including phenoxy) is 2. The van der Waals surface area contributed by atoms with Gasteiger partial charge in [-0.3, -0.25) is 0 Å². The second-order valence-electron chi connectivity index (χ2n) is 4.97. The van der Waals surface area contributed by atoms with Gasteiger partial charge in [-0.2, -0.15) is 4.31 Å². The van der Waals surface area contributed by atoms with Gasteiger partial charge in [-0.15, -0.1) is 11.3 Å². The van der Waals surface area contributed by atoms with Crippen molar-refractivity contribution in [1.29, 1.82) is 0 Å². The van der Waals surface area contributed by atoms with E-state index in [-0.39, 0.29) is 0 Å². The zero-order chi connectivity index (χ0) is 15.3. The molecule has 0 amide bonds. The van der Waals surface area contributed by atoms with Gasteiger partial charge < -0.3 is 9.47 Å². The molecule has 0 aromatic carbocycles. The molecule has 1 aromatic rings. The van der Waals surface area contributed by atoms with E-state index in [9.17, 15) is 8.42 Å². The molecule has 2 heterocycles. The fourth-order valence-electron chi connectivity index (χ4n) is 2.27. The molecule has 1 aliphatic heterocycles. The third kappa shape index (κ3) is 4.64. The van der Waals surface area contributed by atoms with Gasteiger partial charge in [-0.05, 0) is 30.9 Å². The van der Waals surface area contributed by atoms with Crippen molar-refractivity contribution in [3.63, 3.8) is 0 Å². The highest BCUT2D eigenvalue weighted by Gasteiger charge is 2.30. The van der Waals surface area contributed by atoms with E-state index in [0.717, 1.165) is 24.2 Å². The lowest BCUT2D eigenvalue weighted by Gasteiger charge is -2.30. The molecule has 0 saturated carbocycles. The molecule has 1 fully saturated rings. The van der Waals surface area contributed by atoms with Crippen molar-refractivity contribution in [2.45, 2.75) is 17.1 Å². The Bertz CT molecular complexity index is 538. The van der Waals surface area contributed by atoms with E-state index in [4.69, 9.17) is 21.1 Å². The number of hydrogen-bond donors (Lipinski definition) is 0. The predicted octanol–water partition coefficient (Wildman–Crippen LogP) is 2.47. The number of halogens is 1. The van der Waals surface area contributed by atoms with Crippen molar-refractivity contribution in [2.75, 3.05) is 40.0 Å². The maximum absolute atomic E-state index is 12.4. The highest BCUT2D eigenvalue weighted by Crippen LogP contribution is 2.30. The van der Waals surface area contributed by atoms with E-state index in [1.54, 1.807) is 23.5 Å². The second-order valence-corrected chi connectivity index (χ2v) is 8.85. The molecule has 1 saturated heterocycles. The molecule has 120 valence electrons. The van der Waals surface area contributed by atoms with Gasteiger partial charge in [-0.1, -0.05) is 11.6 Å². The van der Waals surface area contributed by atoms with Crippen LogP contribution in [-0.4, -0.2) is 52.7 Å². The monoisotopic (exact) mass is 353 g/mol. The number of methoxy groups -OCH3 is 1. The number of nitrogens with zero attached hydrogens (tertiary/aromatic N) is 1. The second kappa shape index (κ2) is 7.89. The average molecular weight is 354 g/mol. The molecule has 0 bridgehead atoms. The van der Waals surface area contributed by atoms with Crippen molar-refractivity contribution in [2.24, 2.45) is 5.92 Å². The molecule has 2 rings (SSSR count). The number of rotatable bonds is 7. The fourth-order valence-corrected chi connectivity index (χ4v) is 5.38. The van der Waals surface area contributed by atoms with Gasteiger partial charge in [-0.25, -0.2) is 8.42 Å². The van der Waals surface area contributed by atoms with Crippen molar-refractivity contribution in [1.82, 2.24) is 4.31 Å². The summed E-state index contributed by atoms with van der Waals surface area (Å²) >= 11 is 6.93. The normalized spacial score (nSPS) is 18.2. The number of thiophene rings is 1. The van der Waals surface area contributed by atoms with Crippen LogP contribution in [-0.2, 0) is 19.5 Å². The van der Waals surface area contributed by atoms with E-state index in [0.29, 0.717) is 47.4 Å². The number of piperidine rings is 1. The Morgan fingerprint density at radius 1 is 1.33 bits per heavy atom. The number of sulfonamides is 1. The molecule has 1 aliphatic rings. The van der Waals surface area contributed by atoms with E-state index in [1.165, 1.54) is 0 Å². The first-order chi connectivity index (χ1) is 10.0. The van der Waals surface area contributed by atoms with Crippen LogP contribution in [0.5, 0.6) is 0 Å². The van der Waals surface area contributed by atoms with Gasteiger partial charge in [0, 0.05) is 26.8 Å². The Morgan fingerprint density at radius 3 is 2.62 bits per heavy atom. The highest BCUT2D eigenvalue weighted by molar-refractivity contribution is 7.91. The molecule has 0 unspecified atom stereocenters. The highest BCUT2D eigenvalue weighted by atomic mass is 35.5. The molecule has 1 aromatic heterocycles. The van der Waals surface area contributed by atoms with Crippen molar-refractivity contribution >= 4 is 33.0 Å². The summed E-state index contributed by atoms with van der Waals surface area (Å²) in [5, 5.41) is 0. The summed E-state index contributed by atoms with van der Waals surface area (Å²) in [7, 11) is -1.74. The maximum Gasteiger partial charge on any atom is 0.252 e. The summed E-state index contributed by atoms with van der Waals surface area (Å²) in [5.41, 5.74) is 0. The Labute approximate surface area is 134 Å². The van der Waals surface area contributed by atoms with Crippen molar-refractivity contribution in [3.05, 3.63) is 16.5 Å². The lowest BCUT2D eigenvalue weighted by Crippen LogP contribution is -2.39. The minimum Gasteiger partial charge on any atom is -0.382 e. The smallest absolute Gasteiger partial charge is 0.252 e. The summed E-state index contributed by atoms with van der Waals surface area (Å²) in [4.78, 5) is 0. The van der Waals surface area contributed by atoms with Crippen LogP contribution in [0.2, 0.25) is 4.34 Å². The predicted molar refractivity (Wildman–Crippen MR) is 83.5 cm³/mol. The molecular formula is C13H20ClNO4S2. The number of hydrogen-bond acceptors (Lipinski definition) is 5. The van der Waals surface area contributed by atoms with Gasteiger partial charge in [0.2, 0.25) is 0 Å². The lowest BCUT2D eigenvalue weighted by molar-refractivity contribution is 0.0410. The molecule has 0 radical (unpaired) electrons. The van der Waals surface area contributed by atoms with E-state index in [2.05, 4.69) is 0 Å². The summed E-state index contributed by atoms with van der Waals surface area (Å²) < 4.78 is 37.7. The van der Waals surface area contributed by atoms with Crippen LogP contribution in [0, 0.1) is 5.92 Å². The first kappa shape index (κ1) is 17.2. The molecule has 5 nitrogen and oxygen atoms in total. The molecular weight excluding hydrogens is 334 g/mol. The van der Waals surface area contributed by atoms with Gasteiger partial charge in [0.05, 0.1) is 17.6 Å². The average Bonchev–Trinajstić information content (AvgIpc) is 2.91. The van der Waals surface area contributed by atoms with Gasteiger partial charge in [0.15, 0.2) is 0 Å². The van der Waals surface area contributed by atoms with Crippen LogP contribution in [0.15, 0.2) is 16.3 Å². The van der Waals surface area contributed by atoms with Crippen molar-refractivity contribution in [3.8, 4) is 0 Å². The van der Waals surface area contributed by atoms with Crippen molar-refractivity contribution < 1.29 is 17.9 Å². The third-order valence-corrected chi connectivity index (χ3v) is 7.10. The van der Waals surface area contributed by atoms with E-state index < -0.39 is 10.0 Å². The molecule has 0 aliphatic carbocycles. The maximum atomic E-state index is 12.4. The van der Waals surface area contributed by atoms with Crippen LogP contribution >= 0.6 is 22.9 Å². The Kier molecular flexibility index (Phi) is 6.46. The molecule has 0 N–H and O–H groups in total. The summed E-state index contributed by atoms with van der Waals surface area (Å²) in [5.74, 6) is 0.417. The zero-order valence-electron chi connectivity index (χ0n) is 12.0. The zero-order valence-corrected chi connectivity index (χ0v) is 14.3. The van der Waals surface area contributed by atoms with Crippen LogP contribution < -0.4 is 0 Å². The summed E-state index contributed by atoms with van der Waals surface area (Å²) in [6.07, 6.45) is 1.65. The minimum absolute atomic E-state index is 0.322. The van der Waals surface area contributed by atoms with Crippen LogP contribution in [0.3, 0.4) is 0 Å². The first-order valence-corrected chi connectivity index (χ1v) is 9.49. The standard InChI is InChI=1S/C13H20ClNO4S2/c1-18-8-9-19-10-11-4-6-15(7-5-11)21(16,17)13-3-2-12(14)20-13/h2-3,11H,4-10H2,1H3. The quantitative estimate of drug-likeness (QED) is 0.706. The SMILES string of the molecule is COCCOCC1CCN(S(=O)(=O)c2ccc(Cl)s2)CC1. The first-order valence-electron chi connectivity index (χ1n) is 6.86. The van der Waals surface area contributed by atoms with Gasteiger partial charge >= 0.3 is 0 Å². The minimum atomic E-state index is -3.39.